The van der Waals surface area contributed by atoms with E-state index in [0.717, 1.165) is 25.8 Å². The minimum atomic E-state index is -0.478. The molecule has 6 nitrogen and oxygen atoms in total. The maximum atomic E-state index is 12.5. The third-order valence-corrected chi connectivity index (χ3v) is 6.17. The number of hydrogen-bond donors (Lipinski definition) is 2. The van der Waals surface area contributed by atoms with Crippen LogP contribution in [0.2, 0.25) is 0 Å². The molecule has 3 aliphatic rings. The second kappa shape index (κ2) is 8.99. The molecular weight excluding hydrogens is 366 g/mol. The van der Waals surface area contributed by atoms with E-state index in [1.807, 2.05) is 18.2 Å². The van der Waals surface area contributed by atoms with Crippen molar-refractivity contribution in [2.45, 2.75) is 50.5 Å². The van der Waals surface area contributed by atoms with Crippen LogP contribution in [0, 0.1) is 0 Å². The molecule has 0 radical (unpaired) electrons. The predicted molar refractivity (Wildman–Crippen MR) is 112 cm³/mol. The van der Waals surface area contributed by atoms with Gasteiger partial charge >= 0.3 is 0 Å². The molecular formula is C23H31N3O3. The van der Waals surface area contributed by atoms with Gasteiger partial charge in [-0.25, -0.2) is 0 Å². The molecule has 1 fully saturated rings. The summed E-state index contributed by atoms with van der Waals surface area (Å²) < 4.78 is 6.36. The molecule has 1 aliphatic carbocycles. The Morgan fingerprint density at radius 1 is 1.24 bits per heavy atom. The van der Waals surface area contributed by atoms with E-state index in [-0.39, 0.29) is 11.8 Å². The standard InChI is InChI=1S/C23H31N3O3/c27-21(24-13-11-18-7-2-1-3-8-18)15-26-14-6-12-23(17-26)16-25-22(28)19-9-4-5-10-20(19)29-23/h4-5,7,9-10H,1-3,6,8,11-17H2,(H,24,27)(H,25,28)/t23-/m0/s1. The second-order valence-corrected chi connectivity index (χ2v) is 8.49. The van der Waals surface area contributed by atoms with Crippen molar-refractivity contribution in [1.29, 1.82) is 0 Å². The number of amides is 2. The highest BCUT2D eigenvalue weighted by Crippen LogP contribution is 2.31. The SMILES string of the molecule is O=C(CN1CCC[C@]2(CNC(=O)c3ccccc3O2)C1)NCCC1=CCCCC1. The Morgan fingerprint density at radius 3 is 3.00 bits per heavy atom. The zero-order valence-electron chi connectivity index (χ0n) is 17.0. The van der Waals surface area contributed by atoms with Gasteiger partial charge in [-0.05, 0) is 63.6 Å². The largest absolute Gasteiger partial charge is 0.483 e. The minimum absolute atomic E-state index is 0.0662. The number of ether oxygens (including phenoxy) is 1. The van der Waals surface area contributed by atoms with E-state index >= 15 is 0 Å². The summed E-state index contributed by atoms with van der Waals surface area (Å²) in [6, 6.07) is 7.38. The first-order chi connectivity index (χ1) is 14.1. The fourth-order valence-electron chi connectivity index (χ4n) is 4.66. The highest BCUT2D eigenvalue weighted by Gasteiger charge is 2.41. The van der Waals surface area contributed by atoms with Gasteiger partial charge in [0.1, 0.15) is 11.4 Å². The van der Waals surface area contributed by atoms with Crippen molar-refractivity contribution < 1.29 is 14.3 Å². The van der Waals surface area contributed by atoms with E-state index in [4.69, 9.17) is 4.74 Å². The fourth-order valence-corrected chi connectivity index (χ4v) is 4.66. The smallest absolute Gasteiger partial charge is 0.255 e. The highest BCUT2D eigenvalue weighted by molar-refractivity contribution is 5.97. The molecule has 1 spiro atoms. The normalized spacial score (nSPS) is 24.7. The van der Waals surface area contributed by atoms with E-state index < -0.39 is 5.60 Å². The van der Waals surface area contributed by atoms with Gasteiger partial charge in [-0.2, -0.15) is 0 Å². The number of nitrogens with one attached hydrogen (secondary N) is 2. The van der Waals surface area contributed by atoms with Crippen LogP contribution in [0.5, 0.6) is 5.75 Å². The van der Waals surface area contributed by atoms with Crippen molar-refractivity contribution >= 4 is 11.8 Å². The van der Waals surface area contributed by atoms with Crippen molar-refractivity contribution in [1.82, 2.24) is 15.5 Å². The number of piperidine rings is 1. The van der Waals surface area contributed by atoms with Crippen LogP contribution in [0.4, 0.5) is 0 Å². The molecule has 2 N–H and O–H groups in total. The Morgan fingerprint density at radius 2 is 2.14 bits per heavy atom. The average Bonchev–Trinajstić information content (AvgIpc) is 2.86. The quantitative estimate of drug-likeness (QED) is 0.750. The van der Waals surface area contributed by atoms with Crippen molar-refractivity contribution in [2.24, 2.45) is 0 Å². The zero-order valence-corrected chi connectivity index (χ0v) is 17.0. The van der Waals surface area contributed by atoms with Crippen molar-refractivity contribution in [3.63, 3.8) is 0 Å². The molecule has 1 saturated heterocycles. The van der Waals surface area contributed by atoms with Crippen molar-refractivity contribution in [2.75, 3.05) is 32.7 Å². The summed E-state index contributed by atoms with van der Waals surface area (Å²) in [5, 5.41) is 6.08. The van der Waals surface area contributed by atoms with Crippen LogP contribution >= 0.6 is 0 Å². The van der Waals surface area contributed by atoms with E-state index in [1.165, 1.54) is 31.3 Å². The van der Waals surface area contributed by atoms with Gasteiger partial charge in [0.25, 0.3) is 5.91 Å². The number of hydrogen-bond acceptors (Lipinski definition) is 4. The highest BCUT2D eigenvalue weighted by atomic mass is 16.5. The second-order valence-electron chi connectivity index (χ2n) is 8.49. The average molecular weight is 398 g/mol. The topological polar surface area (TPSA) is 70.7 Å². The molecule has 0 aromatic heterocycles. The number of fused-ring (bicyclic) bond motifs is 1. The molecule has 156 valence electrons. The van der Waals surface area contributed by atoms with Crippen molar-refractivity contribution in [3.05, 3.63) is 41.5 Å². The first-order valence-electron chi connectivity index (χ1n) is 10.9. The van der Waals surface area contributed by atoms with Crippen LogP contribution in [0.3, 0.4) is 0 Å². The molecule has 1 aromatic carbocycles. The summed E-state index contributed by atoms with van der Waals surface area (Å²) in [6.07, 6.45) is 10.0. The Hall–Kier alpha value is -2.34. The Bertz CT molecular complexity index is 791. The summed E-state index contributed by atoms with van der Waals surface area (Å²) >= 11 is 0. The molecule has 1 atom stereocenters. The van der Waals surface area contributed by atoms with Gasteiger partial charge in [-0.1, -0.05) is 23.8 Å². The molecule has 0 bridgehead atoms. The van der Waals surface area contributed by atoms with Gasteiger partial charge in [0.15, 0.2) is 0 Å². The van der Waals surface area contributed by atoms with E-state index in [2.05, 4.69) is 21.6 Å². The number of para-hydroxylation sites is 1. The predicted octanol–water partition coefficient (Wildman–Crippen LogP) is 2.65. The zero-order chi connectivity index (χ0) is 20.1. The van der Waals surface area contributed by atoms with Crippen LogP contribution in [0.15, 0.2) is 35.9 Å². The molecule has 2 amide bonds. The van der Waals surface area contributed by atoms with Gasteiger partial charge in [0.05, 0.1) is 18.7 Å². The lowest BCUT2D eigenvalue weighted by molar-refractivity contribution is -0.123. The Balaban J connectivity index is 1.31. The minimum Gasteiger partial charge on any atom is -0.483 e. The first-order valence-corrected chi connectivity index (χ1v) is 10.9. The van der Waals surface area contributed by atoms with Crippen LogP contribution < -0.4 is 15.4 Å². The lowest BCUT2D eigenvalue weighted by Gasteiger charge is -2.41. The lowest BCUT2D eigenvalue weighted by Crippen LogP contribution is -2.58. The third-order valence-electron chi connectivity index (χ3n) is 6.17. The molecule has 4 rings (SSSR count). The third kappa shape index (κ3) is 4.99. The van der Waals surface area contributed by atoms with Crippen LogP contribution in [-0.4, -0.2) is 55.0 Å². The molecule has 0 saturated carbocycles. The summed E-state index contributed by atoms with van der Waals surface area (Å²) in [7, 11) is 0. The van der Waals surface area contributed by atoms with Crippen LogP contribution in [0.25, 0.3) is 0 Å². The number of carbonyl (C=O) groups is 2. The number of benzene rings is 1. The van der Waals surface area contributed by atoms with Gasteiger partial charge < -0.3 is 15.4 Å². The number of allylic oxidation sites excluding steroid dienone is 1. The number of nitrogens with zero attached hydrogens (tertiary/aromatic N) is 1. The maximum absolute atomic E-state index is 12.5. The molecule has 0 unspecified atom stereocenters. The van der Waals surface area contributed by atoms with Gasteiger partial charge in [-0.15, -0.1) is 0 Å². The summed E-state index contributed by atoms with van der Waals surface area (Å²) in [6.45, 7) is 3.07. The maximum Gasteiger partial charge on any atom is 0.255 e. The fraction of sp³-hybridized carbons (Fsp3) is 0.565. The summed E-state index contributed by atoms with van der Waals surface area (Å²) in [5.41, 5.74) is 1.58. The Kier molecular flexibility index (Phi) is 6.19. The van der Waals surface area contributed by atoms with E-state index in [1.54, 1.807) is 6.07 Å². The van der Waals surface area contributed by atoms with E-state index in [0.29, 0.717) is 37.5 Å². The van der Waals surface area contributed by atoms with Gasteiger partial charge in [0, 0.05) is 13.1 Å². The molecule has 1 aromatic rings. The van der Waals surface area contributed by atoms with Gasteiger partial charge in [-0.3, -0.25) is 14.5 Å². The van der Waals surface area contributed by atoms with Crippen LogP contribution in [0.1, 0.15) is 55.3 Å². The number of likely N-dealkylation sites (tertiary alicyclic amines) is 1. The van der Waals surface area contributed by atoms with Crippen molar-refractivity contribution in [3.8, 4) is 5.75 Å². The molecule has 6 heteroatoms. The molecule has 29 heavy (non-hydrogen) atoms. The van der Waals surface area contributed by atoms with Gasteiger partial charge in [0.2, 0.25) is 5.91 Å². The van der Waals surface area contributed by atoms with E-state index in [9.17, 15) is 9.59 Å². The number of carbonyl (C=O) groups excluding carboxylic acids is 2. The number of rotatable bonds is 5. The first kappa shape index (κ1) is 20.0. The molecule has 2 heterocycles. The van der Waals surface area contributed by atoms with Crippen LogP contribution in [-0.2, 0) is 4.79 Å². The Labute approximate surface area is 172 Å². The lowest BCUT2D eigenvalue weighted by atomic mass is 9.92. The summed E-state index contributed by atoms with van der Waals surface area (Å²) in [5.74, 6) is 0.607. The summed E-state index contributed by atoms with van der Waals surface area (Å²) in [4.78, 5) is 27.0. The monoisotopic (exact) mass is 397 g/mol. The molecule has 2 aliphatic heterocycles.